The van der Waals surface area contributed by atoms with Crippen molar-refractivity contribution in [2.45, 2.75) is 6.04 Å². The van der Waals surface area contributed by atoms with Gasteiger partial charge in [-0.3, -0.25) is 4.79 Å². The Balaban J connectivity index is 2.70. The molecule has 0 saturated heterocycles. The van der Waals surface area contributed by atoms with Crippen molar-refractivity contribution >= 4 is 26.8 Å². The Kier molecular flexibility index (Phi) is 2.31. The van der Waals surface area contributed by atoms with Gasteiger partial charge in [0.2, 0.25) is 16.2 Å². The standard InChI is InChI=1S/C9H8N2O4S/c10-9(13)7-8(16(14)15)5-3-4(12)1-2-6(5)11-7/h1-3,7,11-12H,(H2,10,13). The molecule has 6 nitrogen and oxygen atoms in total. The molecule has 0 radical (unpaired) electrons. The van der Waals surface area contributed by atoms with Gasteiger partial charge in [-0.2, -0.15) is 8.42 Å². The smallest absolute Gasteiger partial charge is 0.245 e. The number of hydrogen-bond donors (Lipinski definition) is 3. The Bertz CT molecular complexity index is 598. The molecule has 1 aliphatic rings. The Hall–Kier alpha value is -2.02. The zero-order valence-electron chi connectivity index (χ0n) is 7.97. The third-order valence-electron chi connectivity index (χ3n) is 2.29. The fraction of sp³-hybridized carbons (Fsp3) is 0.111. The summed E-state index contributed by atoms with van der Waals surface area (Å²) in [5.74, 6) is -0.858. The second-order valence-electron chi connectivity index (χ2n) is 3.31. The zero-order chi connectivity index (χ0) is 11.9. The molecule has 4 N–H and O–H groups in total. The maximum Gasteiger partial charge on any atom is 0.245 e. The summed E-state index contributed by atoms with van der Waals surface area (Å²) in [5.41, 5.74) is 5.82. The molecule has 0 spiro atoms. The van der Waals surface area contributed by atoms with E-state index in [0.717, 1.165) is 0 Å². The highest BCUT2D eigenvalue weighted by atomic mass is 32.2. The lowest BCUT2D eigenvalue weighted by atomic mass is 10.1. The van der Waals surface area contributed by atoms with Gasteiger partial charge in [-0.05, 0) is 18.2 Å². The van der Waals surface area contributed by atoms with Crippen molar-refractivity contribution in [3.63, 3.8) is 0 Å². The van der Waals surface area contributed by atoms with Gasteiger partial charge < -0.3 is 16.2 Å². The molecule has 0 saturated carbocycles. The van der Waals surface area contributed by atoms with Gasteiger partial charge in [0.05, 0.1) is 0 Å². The second-order valence-corrected chi connectivity index (χ2v) is 4.22. The number of amides is 1. The number of phenolic OH excluding ortho intramolecular Hbond substituents is 1. The summed E-state index contributed by atoms with van der Waals surface area (Å²) in [6.07, 6.45) is 0. The molecule has 1 unspecified atom stereocenters. The van der Waals surface area contributed by atoms with Crippen LogP contribution in [0.15, 0.2) is 18.2 Å². The number of rotatable bonds is 1. The number of nitrogens with two attached hydrogens (primary N) is 1. The van der Waals surface area contributed by atoms with Crippen molar-refractivity contribution < 1.29 is 18.3 Å². The van der Waals surface area contributed by atoms with Gasteiger partial charge in [0, 0.05) is 11.3 Å². The van der Waals surface area contributed by atoms with Gasteiger partial charge in [0.1, 0.15) is 16.7 Å². The highest BCUT2D eigenvalue weighted by molar-refractivity contribution is 7.73. The van der Waals surface area contributed by atoms with E-state index in [-0.39, 0.29) is 16.2 Å². The van der Waals surface area contributed by atoms with Crippen LogP contribution in [0.25, 0.3) is 0 Å². The predicted octanol–water partition coefficient (Wildman–Crippen LogP) is -0.929. The molecule has 0 bridgehead atoms. The monoisotopic (exact) mass is 240 g/mol. The minimum atomic E-state index is -2.57. The molecular formula is C9H8N2O4S. The Morgan fingerprint density at radius 3 is 2.69 bits per heavy atom. The van der Waals surface area contributed by atoms with Crippen LogP contribution >= 0.6 is 0 Å². The average molecular weight is 240 g/mol. The summed E-state index contributed by atoms with van der Waals surface area (Å²) in [4.78, 5) is 10.9. The summed E-state index contributed by atoms with van der Waals surface area (Å²) in [7, 11) is -2.57. The maximum atomic E-state index is 11.1. The van der Waals surface area contributed by atoms with E-state index in [9.17, 15) is 18.3 Å². The summed E-state index contributed by atoms with van der Waals surface area (Å²) in [6, 6.07) is 3.08. The quantitative estimate of drug-likeness (QED) is 0.434. The van der Waals surface area contributed by atoms with Gasteiger partial charge in [-0.1, -0.05) is 0 Å². The molecule has 84 valence electrons. The molecule has 7 heteroatoms. The molecule has 1 amide bonds. The first-order valence-electron chi connectivity index (χ1n) is 4.36. The number of fused-ring (bicyclic) bond motifs is 1. The van der Waals surface area contributed by atoms with E-state index in [0.29, 0.717) is 5.69 Å². The fourth-order valence-electron chi connectivity index (χ4n) is 1.62. The minimum Gasteiger partial charge on any atom is -0.508 e. The number of carbonyl (C=O) groups excluding carboxylic acids is 1. The number of nitrogens with one attached hydrogen (secondary N) is 1. The zero-order valence-corrected chi connectivity index (χ0v) is 8.78. The van der Waals surface area contributed by atoms with Crippen LogP contribution in [0.2, 0.25) is 0 Å². The van der Waals surface area contributed by atoms with Gasteiger partial charge in [0.15, 0.2) is 0 Å². The van der Waals surface area contributed by atoms with Gasteiger partial charge in [0.25, 0.3) is 0 Å². The van der Waals surface area contributed by atoms with Gasteiger partial charge in [-0.25, -0.2) is 0 Å². The lowest BCUT2D eigenvalue weighted by Crippen LogP contribution is -2.38. The highest BCUT2D eigenvalue weighted by Gasteiger charge is 2.33. The number of phenols is 1. The number of aromatic hydroxyl groups is 1. The van der Waals surface area contributed by atoms with E-state index in [4.69, 9.17) is 5.73 Å². The topological polar surface area (TPSA) is 109 Å². The molecule has 1 atom stereocenters. The molecule has 1 aromatic rings. The molecule has 1 aromatic carbocycles. The predicted molar refractivity (Wildman–Crippen MR) is 57.7 cm³/mol. The first kappa shape index (κ1) is 10.5. The molecule has 2 rings (SSSR count). The normalized spacial score (nSPS) is 17.8. The molecule has 0 fully saturated rings. The van der Waals surface area contributed by atoms with E-state index in [1.54, 1.807) is 0 Å². The summed E-state index contributed by atoms with van der Waals surface area (Å²) in [6.45, 7) is 0. The largest absolute Gasteiger partial charge is 0.508 e. The van der Waals surface area contributed by atoms with E-state index in [1.807, 2.05) is 0 Å². The van der Waals surface area contributed by atoms with Crippen LogP contribution in [-0.4, -0.2) is 30.3 Å². The lowest BCUT2D eigenvalue weighted by Gasteiger charge is -2.04. The van der Waals surface area contributed by atoms with E-state index in [1.165, 1.54) is 18.2 Å². The van der Waals surface area contributed by atoms with Crippen molar-refractivity contribution in [3.05, 3.63) is 23.8 Å². The summed E-state index contributed by atoms with van der Waals surface area (Å²) >= 11 is 0. The van der Waals surface area contributed by atoms with Crippen LogP contribution in [0.5, 0.6) is 5.75 Å². The molecule has 16 heavy (non-hydrogen) atoms. The van der Waals surface area contributed by atoms with Crippen molar-refractivity contribution in [2.75, 3.05) is 5.32 Å². The van der Waals surface area contributed by atoms with Gasteiger partial charge >= 0.3 is 0 Å². The number of primary amides is 1. The molecule has 0 aromatic heterocycles. The van der Waals surface area contributed by atoms with Crippen LogP contribution in [0.1, 0.15) is 5.56 Å². The molecule has 0 aliphatic carbocycles. The van der Waals surface area contributed by atoms with Crippen molar-refractivity contribution in [3.8, 4) is 5.75 Å². The summed E-state index contributed by atoms with van der Waals surface area (Å²) in [5, 5.41) is 11.9. The van der Waals surface area contributed by atoms with Crippen LogP contribution in [0.3, 0.4) is 0 Å². The minimum absolute atomic E-state index is 0.0754. The SMILES string of the molecule is NC(=O)C1Nc2ccc(O)cc2C1=S(=O)=O. The third-order valence-corrected chi connectivity index (χ3v) is 3.11. The van der Waals surface area contributed by atoms with Crippen LogP contribution in [0.4, 0.5) is 5.69 Å². The van der Waals surface area contributed by atoms with Crippen molar-refractivity contribution in [1.29, 1.82) is 0 Å². The van der Waals surface area contributed by atoms with E-state index < -0.39 is 22.2 Å². The van der Waals surface area contributed by atoms with Crippen molar-refractivity contribution in [2.24, 2.45) is 5.73 Å². The second kappa shape index (κ2) is 3.53. The van der Waals surface area contributed by atoms with Crippen LogP contribution < -0.4 is 11.1 Å². The van der Waals surface area contributed by atoms with E-state index in [2.05, 4.69) is 5.32 Å². The first-order valence-corrected chi connectivity index (χ1v) is 5.43. The number of carbonyl (C=O) groups is 1. The Morgan fingerprint density at radius 1 is 1.44 bits per heavy atom. The molecule has 1 aliphatic heterocycles. The average Bonchev–Trinajstić information content (AvgIpc) is 2.55. The number of benzene rings is 1. The van der Waals surface area contributed by atoms with Crippen molar-refractivity contribution in [1.82, 2.24) is 0 Å². The van der Waals surface area contributed by atoms with Crippen LogP contribution in [-0.2, 0) is 15.1 Å². The number of hydrogen-bond acceptors (Lipinski definition) is 5. The third kappa shape index (κ3) is 1.50. The van der Waals surface area contributed by atoms with Crippen LogP contribution in [0, 0.1) is 0 Å². The molecular weight excluding hydrogens is 232 g/mol. The highest BCUT2D eigenvalue weighted by Crippen LogP contribution is 2.29. The van der Waals surface area contributed by atoms with E-state index >= 15 is 0 Å². The summed E-state index contributed by atoms with van der Waals surface area (Å²) < 4.78 is 22.0. The lowest BCUT2D eigenvalue weighted by molar-refractivity contribution is -0.117. The number of anilines is 1. The first-order chi connectivity index (χ1) is 7.50. The fourth-order valence-corrected chi connectivity index (χ4v) is 2.34. The Labute approximate surface area is 92.2 Å². The molecule has 1 heterocycles. The van der Waals surface area contributed by atoms with Gasteiger partial charge in [-0.15, -0.1) is 0 Å². The maximum absolute atomic E-state index is 11.1. The Morgan fingerprint density at radius 2 is 2.12 bits per heavy atom.